The Morgan fingerprint density at radius 1 is 1.30 bits per heavy atom. The number of carbonyl (C=O) groups is 1. The SMILES string of the molecule is C=CCc1cc(C(=O)N(C)c2c(N)n(CCCC)c(=O)[nH]c2=O)cc(OC)c1OC. The predicted molar refractivity (Wildman–Crippen MR) is 117 cm³/mol. The molecule has 0 bridgehead atoms. The Kier molecular flexibility index (Phi) is 7.46. The summed E-state index contributed by atoms with van der Waals surface area (Å²) in [4.78, 5) is 41.2. The number of hydrogen-bond donors (Lipinski definition) is 2. The third-order valence-corrected chi connectivity index (χ3v) is 4.76. The molecule has 1 aromatic carbocycles. The maximum atomic E-state index is 13.2. The molecule has 0 aliphatic heterocycles. The van der Waals surface area contributed by atoms with Crippen molar-refractivity contribution < 1.29 is 14.3 Å². The summed E-state index contributed by atoms with van der Waals surface area (Å²) >= 11 is 0. The van der Waals surface area contributed by atoms with E-state index in [2.05, 4.69) is 11.6 Å². The molecule has 0 aliphatic rings. The van der Waals surface area contributed by atoms with Crippen LogP contribution < -0.4 is 31.4 Å². The van der Waals surface area contributed by atoms with Crippen molar-refractivity contribution in [3.63, 3.8) is 0 Å². The number of benzene rings is 1. The molecule has 2 rings (SSSR count). The van der Waals surface area contributed by atoms with Crippen molar-refractivity contribution in [1.29, 1.82) is 0 Å². The van der Waals surface area contributed by atoms with Crippen LogP contribution in [0.25, 0.3) is 0 Å². The second-order valence-electron chi connectivity index (χ2n) is 6.73. The van der Waals surface area contributed by atoms with Crippen LogP contribution in [-0.4, -0.2) is 36.7 Å². The summed E-state index contributed by atoms with van der Waals surface area (Å²) < 4.78 is 12.0. The number of carbonyl (C=O) groups excluding carboxylic acids is 1. The van der Waals surface area contributed by atoms with Crippen LogP contribution in [0.5, 0.6) is 11.5 Å². The van der Waals surface area contributed by atoms with Gasteiger partial charge in [0.25, 0.3) is 11.5 Å². The standard InChI is InChI=1S/C21H28N4O5/c1-6-8-10-25-18(22)16(19(26)23-21(25)28)24(3)20(27)14-11-13(9-7-2)17(30-5)15(12-14)29-4/h7,11-12H,2,6,8-10,22H2,1,3-5H3,(H,23,26,28). The van der Waals surface area contributed by atoms with E-state index >= 15 is 0 Å². The number of aromatic amines is 1. The van der Waals surface area contributed by atoms with Gasteiger partial charge in [-0.05, 0) is 25.0 Å². The van der Waals surface area contributed by atoms with E-state index in [0.717, 1.165) is 11.3 Å². The number of hydrogen-bond acceptors (Lipinski definition) is 6. The van der Waals surface area contributed by atoms with Crippen LogP contribution in [0.1, 0.15) is 35.7 Å². The molecule has 0 unspecified atom stereocenters. The Bertz CT molecular complexity index is 1050. The van der Waals surface area contributed by atoms with Gasteiger partial charge in [-0.1, -0.05) is 19.4 Å². The first-order valence-corrected chi connectivity index (χ1v) is 9.57. The van der Waals surface area contributed by atoms with Crippen LogP contribution in [-0.2, 0) is 13.0 Å². The minimum absolute atomic E-state index is 0.0557. The number of amides is 1. The van der Waals surface area contributed by atoms with E-state index in [1.165, 1.54) is 31.9 Å². The van der Waals surface area contributed by atoms with Gasteiger partial charge in [-0.15, -0.1) is 6.58 Å². The number of aromatic nitrogens is 2. The highest BCUT2D eigenvalue weighted by Gasteiger charge is 2.24. The molecular weight excluding hydrogens is 388 g/mol. The maximum Gasteiger partial charge on any atom is 0.330 e. The molecule has 2 aromatic rings. The van der Waals surface area contributed by atoms with E-state index in [0.29, 0.717) is 36.4 Å². The number of unbranched alkanes of at least 4 members (excludes halogenated alkanes) is 1. The summed E-state index contributed by atoms with van der Waals surface area (Å²) in [7, 11) is 4.42. The van der Waals surface area contributed by atoms with Crippen molar-refractivity contribution in [3.8, 4) is 11.5 Å². The molecule has 30 heavy (non-hydrogen) atoms. The minimum Gasteiger partial charge on any atom is -0.493 e. The monoisotopic (exact) mass is 416 g/mol. The zero-order chi connectivity index (χ0) is 22.4. The summed E-state index contributed by atoms with van der Waals surface area (Å²) in [6.07, 6.45) is 3.68. The molecule has 0 spiro atoms. The van der Waals surface area contributed by atoms with Crippen molar-refractivity contribution in [1.82, 2.24) is 9.55 Å². The van der Waals surface area contributed by atoms with Crippen LogP contribution in [0.2, 0.25) is 0 Å². The van der Waals surface area contributed by atoms with Gasteiger partial charge in [0.2, 0.25) is 0 Å². The average Bonchev–Trinajstić information content (AvgIpc) is 2.72. The van der Waals surface area contributed by atoms with Crippen molar-refractivity contribution in [3.05, 3.63) is 56.8 Å². The van der Waals surface area contributed by atoms with Crippen molar-refractivity contribution in [2.75, 3.05) is 31.9 Å². The van der Waals surface area contributed by atoms with Gasteiger partial charge in [0, 0.05) is 24.7 Å². The van der Waals surface area contributed by atoms with E-state index in [1.807, 2.05) is 6.92 Å². The second kappa shape index (κ2) is 9.82. The zero-order valence-electron chi connectivity index (χ0n) is 17.8. The predicted octanol–water partition coefficient (Wildman–Crippen LogP) is 1.94. The molecule has 0 atom stereocenters. The average molecular weight is 416 g/mol. The third-order valence-electron chi connectivity index (χ3n) is 4.76. The first-order valence-electron chi connectivity index (χ1n) is 9.57. The molecule has 9 heteroatoms. The molecule has 3 N–H and O–H groups in total. The van der Waals surface area contributed by atoms with Crippen LogP contribution in [0.4, 0.5) is 11.5 Å². The summed E-state index contributed by atoms with van der Waals surface area (Å²) in [6.45, 7) is 6.04. The number of nitrogens with two attached hydrogens (primary N) is 1. The number of H-pyrrole nitrogens is 1. The zero-order valence-corrected chi connectivity index (χ0v) is 17.8. The smallest absolute Gasteiger partial charge is 0.330 e. The number of nitrogens with one attached hydrogen (secondary N) is 1. The lowest BCUT2D eigenvalue weighted by Gasteiger charge is -2.21. The Morgan fingerprint density at radius 3 is 2.57 bits per heavy atom. The van der Waals surface area contributed by atoms with Gasteiger partial charge in [0.05, 0.1) is 14.2 Å². The van der Waals surface area contributed by atoms with Gasteiger partial charge >= 0.3 is 5.69 Å². The summed E-state index contributed by atoms with van der Waals surface area (Å²) in [5.41, 5.74) is 5.68. The number of methoxy groups -OCH3 is 2. The summed E-state index contributed by atoms with van der Waals surface area (Å²) in [5.74, 6) is 0.337. The fraction of sp³-hybridized carbons (Fsp3) is 0.381. The lowest BCUT2D eigenvalue weighted by molar-refractivity contribution is 0.0992. The van der Waals surface area contributed by atoms with Crippen molar-refractivity contribution in [2.45, 2.75) is 32.7 Å². The molecule has 9 nitrogen and oxygen atoms in total. The topological polar surface area (TPSA) is 120 Å². The molecule has 162 valence electrons. The number of rotatable bonds is 9. The number of ether oxygens (including phenoxy) is 2. The maximum absolute atomic E-state index is 13.2. The Balaban J connectivity index is 2.57. The summed E-state index contributed by atoms with van der Waals surface area (Å²) in [5, 5.41) is 0. The van der Waals surface area contributed by atoms with E-state index in [-0.39, 0.29) is 17.1 Å². The quantitative estimate of drug-likeness (QED) is 0.603. The Morgan fingerprint density at radius 2 is 2.00 bits per heavy atom. The molecule has 1 amide bonds. The van der Waals surface area contributed by atoms with Crippen molar-refractivity contribution in [2.24, 2.45) is 0 Å². The second-order valence-corrected chi connectivity index (χ2v) is 6.73. The Hall–Kier alpha value is -3.49. The van der Waals surface area contributed by atoms with Gasteiger partial charge in [-0.2, -0.15) is 0 Å². The van der Waals surface area contributed by atoms with E-state index in [1.54, 1.807) is 12.1 Å². The van der Waals surface area contributed by atoms with Gasteiger partial charge < -0.3 is 20.1 Å². The van der Waals surface area contributed by atoms with Crippen LogP contribution in [0.15, 0.2) is 34.4 Å². The van der Waals surface area contributed by atoms with Crippen LogP contribution in [0.3, 0.4) is 0 Å². The number of nitrogens with zero attached hydrogens (tertiary/aromatic N) is 2. The van der Waals surface area contributed by atoms with Gasteiger partial charge in [0.1, 0.15) is 5.82 Å². The fourth-order valence-corrected chi connectivity index (χ4v) is 3.21. The van der Waals surface area contributed by atoms with E-state index in [4.69, 9.17) is 15.2 Å². The summed E-state index contributed by atoms with van der Waals surface area (Å²) in [6, 6.07) is 3.18. The first-order chi connectivity index (χ1) is 14.3. The molecule has 0 saturated heterocycles. The number of allylic oxidation sites excluding steroid dienone is 1. The highest BCUT2D eigenvalue weighted by molar-refractivity contribution is 6.07. The van der Waals surface area contributed by atoms with Gasteiger partial charge in [0.15, 0.2) is 17.2 Å². The number of anilines is 2. The lowest BCUT2D eigenvalue weighted by atomic mass is 10.0. The van der Waals surface area contributed by atoms with E-state index < -0.39 is 17.2 Å². The highest BCUT2D eigenvalue weighted by atomic mass is 16.5. The molecule has 0 aliphatic carbocycles. The fourth-order valence-electron chi connectivity index (χ4n) is 3.21. The lowest BCUT2D eigenvalue weighted by Crippen LogP contribution is -2.39. The largest absolute Gasteiger partial charge is 0.493 e. The van der Waals surface area contributed by atoms with E-state index in [9.17, 15) is 14.4 Å². The van der Waals surface area contributed by atoms with Crippen molar-refractivity contribution >= 4 is 17.4 Å². The molecular formula is C21H28N4O5. The number of nitrogen functional groups attached to an aromatic ring is 1. The third kappa shape index (κ3) is 4.40. The van der Waals surface area contributed by atoms with Crippen LogP contribution in [0, 0.1) is 0 Å². The van der Waals surface area contributed by atoms with Gasteiger partial charge in [-0.25, -0.2) is 4.79 Å². The molecule has 0 radical (unpaired) electrons. The molecule has 1 heterocycles. The molecule has 0 fully saturated rings. The molecule has 1 aromatic heterocycles. The minimum atomic E-state index is -0.729. The normalized spacial score (nSPS) is 10.5. The Labute approximate surface area is 174 Å². The van der Waals surface area contributed by atoms with Crippen LogP contribution >= 0.6 is 0 Å². The van der Waals surface area contributed by atoms with Gasteiger partial charge in [-0.3, -0.25) is 19.1 Å². The highest BCUT2D eigenvalue weighted by Crippen LogP contribution is 2.34. The molecule has 0 saturated carbocycles. The first kappa shape index (κ1) is 22.8.